The first-order valence-electron chi connectivity index (χ1n) is 6.39. The molecule has 18 heavy (non-hydrogen) atoms. The van der Waals surface area contributed by atoms with Crippen LogP contribution in [-0.4, -0.2) is 31.9 Å². The molecule has 0 atom stereocenters. The number of methoxy groups -OCH3 is 1. The summed E-state index contributed by atoms with van der Waals surface area (Å²) in [5.41, 5.74) is 3.67. The molecule has 1 aromatic rings. The SMILES string of the molecule is COc1c(C)cc(C(C)(C)CNCCO)cc1C. The molecule has 0 heterocycles. The summed E-state index contributed by atoms with van der Waals surface area (Å²) in [6.07, 6.45) is 0. The van der Waals surface area contributed by atoms with Crippen LogP contribution in [0.25, 0.3) is 0 Å². The number of rotatable bonds is 6. The molecular formula is C15H25NO2. The van der Waals surface area contributed by atoms with Crippen molar-refractivity contribution in [2.45, 2.75) is 33.1 Å². The Morgan fingerprint density at radius 2 is 1.78 bits per heavy atom. The second kappa shape index (κ2) is 6.21. The van der Waals surface area contributed by atoms with E-state index in [1.54, 1.807) is 7.11 Å². The van der Waals surface area contributed by atoms with Gasteiger partial charge >= 0.3 is 0 Å². The zero-order valence-electron chi connectivity index (χ0n) is 12.1. The summed E-state index contributed by atoms with van der Waals surface area (Å²) in [5.74, 6) is 0.970. The summed E-state index contributed by atoms with van der Waals surface area (Å²) in [5, 5.41) is 12.1. The maximum absolute atomic E-state index is 8.81. The van der Waals surface area contributed by atoms with Crippen LogP contribution in [-0.2, 0) is 5.41 Å². The lowest BCUT2D eigenvalue weighted by Gasteiger charge is -2.27. The molecule has 0 saturated carbocycles. The largest absolute Gasteiger partial charge is 0.496 e. The first kappa shape index (κ1) is 15.0. The standard InChI is InChI=1S/C15H25NO2/c1-11-8-13(9-12(2)14(11)18-5)15(3,4)10-16-6-7-17/h8-9,16-17H,6-7,10H2,1-5H3. The van der Waals surface area contributed by atoms with Crippen LogP contribution in [0.5, 0.6) is 5.75 Å². The number of benzene rings is 1. The highest BCUT2D eigenvalue weighted by Crippen LogP contribution is 2.30. The van der Waals surface area contributed by atoms with Gasteiger partial charge in [-0.3, -0.25) is 0 Å². The predicted octanol–water partition coefficient (Wildman–Crippen LogP) is 2.17. The second-order valence-corrected chi connectivity index (χ2v) is 5.43. The van der Waals surface area contributed by atoms with Gasteiger partial charge in [-0.25, -0.2) is 0 Å². The van der Waals surface area contributed by atoms with Crippen LogP contribution in [0.3, 0.4) is 0 Å². The summed E-state index contributed by atoms with van der Waals surface area (Å²) < 4.78 is 5.39. The lowest BCUT2D eigenvalue weighted by atomic mass is 9.82. The monoisotopic (exact) mass is 251 g/mol. The molecule has 0 radical (unpaired) electrons. The van der Waals surface area contributed by atoms with Gasteiger partial charge in [0.15, 0.2) is 0 Å². The highest BCUT2D eigenvalue weighted by molar-refractivity contribution is 5.45. The van der Waals surface area contributed by atoms with Crippen molar-refractivity contribution in [3.05, 3.63) is 28.8 Å². The lowest BCUT2D eigenvalue weighted by molar-refractivity contribution is 0.286. The Kier molecular flexibility index (Phi) is 5.17. The maximum atomic E-state index is 8.81. The van der Waals surface area contributed by atoms with Gasteiger partial charge in [-0.2, -0.15) is 0 Å². The molecule has 0 aromatic heterocycles. The predicted molar refractivity (Wildman–Crippen MR) is 75.4 cm³/mol. The van der Waals surface area contributed by atoms with Crippen molar-refractivity contribution in [3.8, 4) is 5.75 Å². The number of aliphatic hydroxyl groups excluding tert-OH is 1. The molecule has 2 N–H and O–H groups in total. The Labute approximate surface area is 110 Å². The molecule has 3 nitrogen and oxygen atoms in total. The third kappa shape index (κ3) is 3.47. The van der Waals surface area contributed by atoms with E-state index in [1.807, 2.05) is 0 Å². The number of hydrogen-bond donors (Lipinski definition) is 2. The molecule has 0 amide bonds. The van der Waals surface area contributed by atoms with Crippen molar-refractivity contribution in [2.75, 3.05) is 26.8 Å². The molecule has 0 bridgehead atoms. The summed E-state index contributed by atoms with van der Waals surface area (Å²) in [4.78, 5) is 0. The fourth-order valence-electron chi connectivity index (χ4n) is 2.24. The Hall–Kier alpha value is -1.06. The molecule has 0 spiro atoms. The quantitative estimate of drug-likeness (QED) is 0.761. The van der Waals surface area contributed by atoms with Crippen LogP contribution in [0, 0.1) is 13.8 Å². The Morgan fingerprint density at radius 3 is 2.22 bits per heavy atom. The topological polar surface area (TPSA) is 41.5 Å². The van der Waals surface area contributed by atoms with E-state index in [9.17, 15) is 0 Å². The Balaban J connectivity index is 2.95. The number of aryl methyl sites for hydroxylation is 2. The highest BCUT2D eigenvalue weighted by Gasteiger charge is 2.21. The second-order valence-electron chi connectivity index (χ2n) is 5.43. The number of ether oxygens (including phenoxy) is 1. The average Bonchev–Trinajstić information content (AvgIpc) is 2.28. The first-order chi connectivity index (χ1) is 8.42. The van der Waals surface area contributed by atoms with Crippen molar-refractivity contribution in [2.24, 2.45) is 0 Å². The van der Waals surface area contributed by atoms with Gasteiger partial charge in [0.1, 0.15) is 5.75 Å². The van der Waals surface area contributed by atoms with Gasteiger partial charge in [0.25, 0.3) is 0 Å². The van der Waals surface area contributed by atoms with Gasteiger partial charge in [0.2, 0.25) is 0 Å². The molecule has 0 saturated heterocycles. The smallest absolute Gasteiger partial charge is 0.124 e. The zero-order valence-corrected chi connectivity index (χ0v) is 12.1. The highest BCUT2D eigenvalue weighted by atomic mass is 16.5. The van der Waals surface area contributed by atoms with E-state index in [-0.39, 0.29) is 12.0 Å². The molecule has 0 aliphatic heterocycles. The van der Waals surface area contributed by atoms with E-state index >= 15 is 0 Å². The van der Waals surface area contributed by atoms with Crippen molar-refractivity contribution in [3.63, 3.8) is 0 Å². The number of hydrogen-bond acceptors (Lipinski definition) is 3. The minimum atomic E-state index is 0.0387. The van der Waals surface area contributed by atoms with Crippen LogP contribution < -0.4 is 10.1 Å². The Morgan fingerprint density at radius 1 is 1.22 bits per heavy atom. The van der Waals surface area contributed by atoms with Gasteiger partial charge < -0.3 is 15.2 Å². The van der Waals surface area contributed by atoms with Gasteiger partial charge in [0, 0.05) is 18.5 Å². The lowest BCUT2D eigenvalue weighted by Crippen LogP contribution is -2.34. The first-order valence-corrected chi connectivity index (χ1v) is 6.39. The van der Waals surface area contributed by atoms with Crippen LogP contribution in [0.2, 0.25) is 0 Å². The van der Waals surface area contributed by atoms with Gasteiger partial charge in [-0.05, 0) is 30.5 Å². The van der Waals surface area contributed by atoms with Crippen LogP contribution in [0.15, 0.2) is 12.1 Å². The fourth-order valence-corrected chi connectivity index (χ4v) is 2.24. The summed E-state index contributed by atoms with van der Waals surface area (Å²) in [6.45, 7) is 10.2. The van der Waals surface area contributed by atoms with Crippen molar-refractivity contribution < 1.29 is 9.84 Å². The molecule has 0 unspecified atom stereocenters. The third-order valence-electron chi connectivity index (χ3n) is 3.30. The van der Waals surface area contributed by atoms with Crippen LogP contribution in [0.1, 0.15) is 30.5 Å². The van der Waals surface area contributed by atoms with Crippen LogP contribution >= 0.6 is 0 Å². The average molecular weight is 251 g/mol. The molecule has 0 fully saturated rings. The van der Waals surface area contributed by atoms with E-state index in [0.717, 1.165) is 12.3 Å². The summed E-state index contributed by atoms with van der Waals surface area (Å²) >= 11 is 0. The number of aliphatic hydroxyl groups is 1. The van der Waals surface area contributed by atoms with E-state index in [4.69, 9.17) is 9.84 Å². The normalized spacial score (nSPS) is 11.7. The van der Waals surface area contributed by atoms with E-state index < -0.39 is 0 Å². The molecule has 3 heteroatoms. The van der Waals surface area contributed by atoms with Gasteiger partial charge in [0.05, 0.1) is 13.7 Å². The van der Waals surface area contributed by atoms with Crippen molar-refractivity contribution >= 4 is 0 Å². The van der Waals surface area contributed by atoms with Gasteiger partial charge in [-0.1, -0.05) is 26.0 Å². The van der Waals surface area contributed by atoms with E-state index in [0.29, 0.717) is 6.54 Å². The van der Waals surface area contributed by atoms with E-state index in [1.165, 1.54) is 16.7 Å². The van der Waals surface area contributed by atoms with Crippen molar-refractivity contribution in [1.82, 2.24) is 5.32 Å². The zero-order chi connectivity index (χ0) is 13.8. The number of nitrogens with one attached hydrogen (secondary N) is 1. The van der Waals surface area contributed by atoms with Crippen molar-refractivity contribution in [1.29, 1.82) is 0 Å². The maximum Gasteiger partial charge on any atom is 0.124 e. The molecule has 0 aliphatic carbocycles. The molecule has 102 valence electrons. The molecule has 0 aliphatic rings. The molecular weight excluding hydrogens is 226 g/mol. The third-order valence-corrected chi connectivity index (χ3v) is 3.30. The molecule has 1 aromatic carbocycles. The van der Waals surface area contributed by atoms with E-state index in [2.05, 4.69) is 45.1 Å². The molecule has 1 rings (SSSR count). The fraction of sp³-hybridized carbons (Fsp3) is 0.600. The Bertz CT molecular complexity index is 376. The summed E-state index contributed by atoms with van der Waals surface area (Å²) in [7, 11) is 1.71. The van der Waals surface area contributed by atoms with Gasteiger partial charge in [-0.15, -0.1) is 0 Å². The minimum Gasteiger partial charge on any atom is -0.496 e. The van der Waals surface area contributed by atoms with Crippen LogP contribution in [0.4, 0.5) is 0 Å². The minimum absolute atomic E-state index is 0.0387. The summed E-state index contributed by atoms with van der Waals surface area (Å²) in [6, 6.07) is 4.37.